The molecule has 2 atom stereocenters. The molecule has 2 unspecified atom stereocenters. The molecule has 1 aromatic rings. The predicted molar refractivity (Wildman–Crippen MR) is 73.0 cm³/mol. The first-order valence-electron chi connectivity index (χ1n) is 6.81. The summed E-state index contributed by atoms with van der Waals surface area (Å²) in [4.78, 5) is 15.6. The summed E-state index contributed by atoms with van der Waals surface area (Å²) in [5.74, 6) is 0.612. The van der Waals surface area contributed by atoms with Crippen molar-refractivity contribution in [2.45, 2.75) is 44.9 Å². The Labute approximate surface area is 108 Å². The highest BCUT2D eigenvalue weighted by molar-refractivity contribution is 6.10. The molecule has 1 fully saturated rings. The molecule has 1 aromatic carbocycles. The van der Waals surface area contributed by atoms with Gasteiger partial charge < -0.3 is 0 Å². The second kappa shape index (κ2) is 4.04. The van der Waals surface area contributed by atoms with Gasteiger partial charge in [-0.3, -0.25) is 4.79 Å². The van der Waals surface area contributed by atoms with Crippen LogP contribution in [0.2, 0.25) is 0 Å². The summed E-state index contributed by atoms with van der Waals surface area (Å²) in [6.45, 7) is 3.89. The number of nitrogens with zero attached hydrogens (tertiary/aromatic N) is 1. The zero-order valence-electron chi connectivity index (χ0n) is 11.1. The van der Waals surface area contributed by atoms with Crippen molar-refractivity contribution in [1.29, 1.82) is 0 Å². The minimum absolute atomic E-state index is 0.0810. The highest BCUT2D eigenvalue weighted by Gasteiger charge is 2.48. The summed E-state index contributed by atoms with van der Waals surface area (Å²) in [5.41, 5.74) is 3.90. The average Bonchev–Trinajstić information content (AvgIpc) is 2.84. The summed E-state index contributed by atoms with van der Waals surface area (Å²) >= 11 is 0. The van der Waals surface area contributed by atoms with Crippen molar-refractivity contribution in [1.82, 2.24) is 0 Å². The fourth-order valence-corrected chi connectivity index (χ4v) is 3.86. The molecule has 1 saturated carbocycles. The largest absolute Gasteiger partial charge is 0.273 e. The van der Waals surface area contributed by atoms with Crippen LogP contribution >= 0.6 is 0 Å². The van der Waals surface area contributed by atoms with E-state index in [4.69, 9.17) is 0 Å². The van der Waals surface area contributed by atoms with Crippen LogP contribution in [0.1, 0.15) is 50.7 Å². The Morgan fingerprint density at radius 2 is 2.17 bits per heavy atom. The van der Waals surface area contributed by atoms with E-state index in [2.05, 4.69) is 30.1 Å². The zero-order chi connectivity index (χ0) is 12.8. The fourth-order valence-electron chi connectivity index (χ4n) is 3.86. The number of carbonyl (C=O) groups is 1. The molecule has 0 saturated heterocycles. The molecule has 2 nitrogen and oxygen atoms in total. The zero-order valence-corrected chi connectivity index (χ0v) is 11.1. The number of hydrogen-bond donors (Lipinski definition) is 0. The Bertz CT molecular complexity index is 532. The van der Waals surface area contributed by atoms with Gasteiger partial charge in [0.15, 0.2) is 0 Å². The maximum Gasteiger partial charge on any atom is 0.242 e. The van der Waals surface area contributed by atoms with E-state index in [0.717, 1.165) is 12.1 Å². The first-order valence-corrected chi connectivity index (χ1v) is 6.81. The van der Waals surface area contributed by atoms with Crippen molar-refractivity contribution in [3.63, 3.8) is 0 Å². The highest BCUT2D eigenvalue weighted by atomic mass is 16.1. The maximum atomic E-state index is 11.3. The van der Waals surface area contributed by atoms with Crippen LogP contribution in [-0.2, 0) is 10.2 Å². The molecule has 2 heteroatoms. The third-order valence-electron chi connectivity index (χ3n) is 4.75. The quantitative estimate of drug-likeness (QED) is 0.683. The Morgan fingerprint density at radius 1 is 1.39 bits per heavy atom. The topological polar surface area (TPSA) is 29.4 Å². The first kappa shape index (κ1) is 11.6. The first-order chi connectivity index (χ1) is 8.63. The van der Waals surface area contributed by atoms with Crippen LogP contribution in [0.3, 0.4) is 0 Å². The second-order valence-corrected chi connectivity index (χ2v) is 5.75. The Hall–Kier alpha value is -1.44. The molecule has 0 N–H and O–H groups in total. The standard InChI is InChI=1S/C16H19NO/c1-11-6-5-9-16(11)10-15(17-12(2)18)13-7-3-4-8-14(13)16/h3-4,7-8,11H,5-6,9-10H2,1-2H3/b17-15+. The van der Waals surface area contributed by atoms with Crippen molar-refractivity contribution in [3.05, 3.63) is 35.4 Å². The monoisotopic (exact) mass is 241 g/mol. The summed E-state index contributed by atoms with van der Waals surface area (Å²) < 4.78 is 0. The summed E-state index contributed by atoms with van der Waals surface area (Å²) in [7, 11) is 0. The van der Waals surface area contributed by atoms with Crippen LogP contribution in [0.4, 0.5) is 0 Å². The average molecular weight is 241 g/mol. The van der Waals surface area contributed by atoms with E-state index in [1.165, 1.54) is 30.4 Å². The van der Waals surface area contributed by atoms with Gasteiger partial charge in [0.05, 0.1) is 5.71 Å². The van der Waals surface area contributed by atoms with Gasteiger partial charge in [-0.25, -0.2) is 4.99 Å². The van der Waals surface area contributed by atoms with Gasteiger partial charge in [-0.05, 0) is 29.9 Å². The van der Waals surface area contributed by atoms with Crippen LogP contribution in [-0.4, -0.2) is 11.6 Å². The lowest BCUT2D eigenvalue weighted by Crippen LogP contribution is -2.26. The van der Waals surface area contributed by atoms with Crippen molar-refractivity contribution in [2.24, 2.45) is 10.9 Å². The molecule has 1 amide bonds. The minimum atomic E-state index is -0.0810. The third-order valence-corrected chi connectivity index (χ3v) is 4.75. The van der Waals surface area contributed by atoms with Crippen LogP contribution in [0, 0.1) is 5.92 Å². The van der Waals surface area contributed by atoms with E-state index in [0.29, 0.717) is 5.92 Å². The van der Waals surface area contributed by atoms with E-state index >= 15 is 0 Å². The molecule has 0 bridgehead atoms. The van der Waals surface area contributed by atoms with Gasteiger partial charge in [-0.2, -0.15) is 0 Å². The van der Waals surface area contributed by atoms with E-state index in [9.17, 15) is 4.79 Å². The van der Waals surface area contributed by atoms with Crippen molar-refractivity contribution < 1.29 is 4.79 Å². The summed E-state index contributed by atoms with van der Waals surface area (Å²) in [5, 5.41) is 0. The molecule has 0 aliphatic heterocycles. The molecule has 0 radical (unpaired) electrons. The molecule has 18 heavy (non-hydrogen) atoms. The molecule has 3 rings (SSSR count). The van der Waals surface area contributed by atoms with Gasteiger partial charge in [-0.1, -0.05) is 37.6 Å². The summed E-state index contributed by atoms with van der Waals surface area (Å²) in [6.07, 6.45) is 4.78. The predicted octanol–water partition coefficient (Wildman–Crippen LogP) is 3.48. The van der Waals surface area contributed by atoms with Gasteiger partial charge in [0.2, 0.25) is 5.91 Å². The Morgan fingerprint density at radius 3 is 2.83 bits per heavy atom. The molecule has 0 aromatic heterocycles. The number of amides is 1. The number of hydrogen-bond acceptors (Lipinski definition) is 1. The third kappa shape index (κ3) is 1.55. The van der Waals surface area contributed by atoms with Crippen molar-refractivity contribution in [2.75, 3.05) is 0 Å². The normalized spacial score (nSPS) is 32.1. The number of carbonyl (C=O) groups excluding carboxylic acids is 1. The van der Waals surface area contributed by atoms with Gasteiger partial charge in [0.1, 0.15) is 0 Å². The lowest BCUT2D eigenvalue weighted by Gasteiger charge is -2.29. The van der Waals surface area contributed by atoms with E-state index in [1.54, 1.807) is 6.92 Å². The van der Waals surface area contributed by atoms with Crippen LogP contribution < -0.4 is 0 Å². The second-order valence-electron chi connectivity index (χ2n) is 5.75. The smallest absolute Gasteiger partial charge is 0.242 e. The van der Waals surface area contributed by atoms with E-state index in [1.807, 2.05) is 6.07 Å². The number of aliphatic imine (C=N–C) groups is 1. The van der Waals surface area contributed by atoms with E-state index < -0.39 is 0 Å². The van der Waals surface area contributed by atoms with Crippen molar-refractivity contribution in [3.8, 4) is 0 Å². The van der Waals surface area contributed by atoms with Crippen molar-refractivity contribution >= 4 is 11.6 Å². The minimum Gasteiger partial charge on any atom is -0.273 e. The molecular weight excluding hydrogens is 222 g/mol. The summed E-state index contributed by atoms with van der Waals surface area (Å²) in [6, 6.07) is 8.52. The Kier molecular flexibility index (Phi) is 2.61. The molecule has 2 aliphatic carbocycles. The molecule has 1 spiro atoms. The SMILES string of the molecule is CC(=O)/N=C1\CC2(CCCC2C)c2ccccc21. The van der Waals surface area contributed by atoms with E-state index in [-0.39, 0.29) is 11.3 Å². The fraction of sp³-hybridized carbons (Fsp3) is 0.500. The maximum absolute atomic E-state index is 11.3. The van der Waals surface area contributed by atoms with Gasteiger partial charge in [0.25, 0.3) is 0 Å². The highest BCUT2D eigenvalue weighted by Crippen LogP contribution is 2.53. The van der Waals surface area contributed by atoms with Crippen LogP contribution in [0.15, 0.2) is 29.3 Å². The van der Waals surface area contributed by atoms with Crippen LogP contribution in [0.5, 0.6) is 0 Å². The number of rotatable bonds is 0. The number of fused-ring (bicyclic) bond motifs is 2. The Balaban J connectivity index is 2.15. The van der Waals surface area contributed by atoms with Crippen LogP contribution in [0.25, 0.3) is 0 Å². The van der Waals surface area contributed by atoms with Gasteiger partial charge >= 0.3 is 0 Å². The lowest BCUT2D eigenvalue weighted by atomic mass is 9.74. The number of benzene rings is 1. The lowest BCUT2D eigenvalue weighted by molar-refractivity contribution is -0.115. The molecular formula is C16H19NO. The molecule has 94 valence electrons. The molecule has 0 heterocycles. The van der Waals surface area contributed by atoms with Gasteiger partial charge in [0, 0.05) is 18.8 Å². The molecule has 2 aliphatic rings. The van der Waals surface area contributed by atoms with Gasteiger partial charge in [-0.15, -0.1) is 0 Å².